The van der Waals surface area contributed by atoms with Crippen LogP contribution in [0.2, 0.25) is 0 Å². The lowest BCUT2D eigenvalue weighted by Crippen LogP contribution is -2.41. The zero-order valence-electron chi connectivity index (χ0n) is 17.8. The van der Waals surface area contributed by atoms with Gasteiger partial charge in [0.1, 0.15) is 0 Å². The maximum Gasteiger partial charge on any atom is 0.294 e. The first-order valence-electron chi connectivity index (χ1n) is 10.4. The van der Waals surface area contributed by atoms with Gasteiger partial charge in [-0.3, -0.25) is 14.4 Å². The maximum atomic E-state index is 13.1. The molecule has 1 saturated heterocycles. The van der Waals surface area contributed by atoms with Crippen LogP contribution in [0, 0.1) is 0 Å². The van der Waals surface area contributed by atoms with Gasteiger partial charge in [0.05, 0.1) is 30.9 Å². The fourth-order valence-corrected chi connectivity index (χ4v) is 3.38. The minimum atomic E-state index is -0.217. The van der Waals surface area contributed by atoms with Crippen LogP contribution in [0.5, 0.6) is 0 Å². The quantitative estimate of drug-likeness (QED) is 0.505. The fraction of sp³-hybridized carbons (Fsp3) is 0.524. The van der Waals surface area contributed by atoms with E-state index in [9.17, 15) is 14.4 Å². The predicted octanol–water partition coefficient (Wildman–Crippen LogP) is -0.108. The second kappa shape index (κ2) is 11.4. The van der Waals surface area contributed by atoms with E-state index in [1.165, 1.54) is 0 Å². The number of methoxy groups -OCH3 is 1. The van der Waals surface area contributed by atoms with Gasteiger partial charge in [-0.1, -0.05) is 12.1 Å². The van der Waals surface area contributed by atoms with Gasteiger partial charge in [0, 0.05) is 52.7 Å². The van der Waals surface area contributed by atoms with E-state index in [2.05, 4.69) is 15.6 Å². The van der Waals surface area contributed by atoms with E-state index in [1.54, 1.807) is 11.7 Å². The molecule has 2 N–H and O–H groups in total. The summed E-state index contributed by atoms with van der Waals surface area (Å²) in [6.07, 6.45) is 0.316. The molecular formula is C21H29N5O5. The average Bonchev–Trinajstić information content (AvgIpc) is 2.79. The van der Waals surface area contributed by atoms with Crippen molar-refractivity contribution in [2.45, 2.75) is 19.4 Å². The van der Waals surface area contributed by atoms with Crippen LogP contribution >= 0.6 is 0 Å². The normalized spacial score (nSPS) is 13.9. The van der Waals surface area contributed by atoms with Crippen LogP contribution in [0.15, 0.2) is 29.1 Å². The second-order valence-corrected chi connectivity index (χ2v) is 7.17. The molecule has 2 amide bonds. The maximum absolute atomic E-state index is 13.1. The third-order valence-corrected chi connectivity index (χ3v) is 5.01. The Labute approximate surface area is 180 Å². The summed E-state index contributed by atoms with van der Waals surface area (Å²) < 4.78 is 11.8. The number of hydrogen-bond donors (Lipinski definition) is 2. The van der Waals surface area contributed by atoms with Crippen LogP contribution in [0.4, 0.5) is 5.82 Å². The van der Waals surface area contributed by atoms with Gasteiger partial charge in [0.25, 0.3) is 5.56 Å². The summed E-state index contributed by atoms with van der Waals surface area (Å²) in [5.41, 5.74) is 1.18. The first-order valence-corrected chi connectivity index (χ1v) is 10.4. The smallest absolute Gasteiger partial charge is 0.294 e. The number of amides is 2. The highest BCUT2D eigenvalue weighted by Gasteiger charge is 2.19. The number of morpholine rings is 1. The van der Waals surface area contributed by atoms with Gasteiger partial charge in [-0.2, -0.15) is 0 Å². The van der Waals surface area contributed by atoms with Gasteiger partial charge in [-0.15, -0.1) is 0 Å². The predicted molar refractivity (Wildman–Crippen MR) is 116 cm³/mol. The van der Waals surface area contributed by atoms with Gasteiger partial charge in [0.15, 0.2) is 5.82 Å². The van der Waals surface area contributed by atoms with E-state index < -0.39 is 0 Å². The number of nitrogens with one attached hydrogen (secondary N) is 2. The zero-order chi connectivity index (χ0) is 22.1. The highest BCUT2D eigenvalue weighted by Crippen LogP contribution is 2.15. The first-order chi connectivity index (χ1) is 15.1. The minimum absolute atomic E-state index is 0.127. The number of nitrogens with zero attached hydrogens (tertiary/aromatic N) is 3. The zero-order valence-corrected chi connectivity index (χ0v) is 17.8. The summed E-state index contributed by atoms with van der Waals surface area (Å²) in [4.78, 5) is 43.6. The van der Waals surface area contributed by atoms with E-state index in [4.69, 9.17) is 9.47 Å². The van der Waals surface area contributed by atoms with E-state index in [0.717, 1.165) is 0 Å². The Morgan fingerprint density at radius 2 is 1.81 bits per heavy atom. The molecule has 1 aliphatic heterocycles. The topological polar surface area (TPSA) is 115 Å². The molecule has 10 heteroatoms. The third kappa shape index (κ3) is 6.25. The molecule has 0 atom stereocenters. The van der Waals surface area contributed by atoms with Crippen molar-refractivity contribution in [3.63, 3.8) is 0 Å². The Bertz CT molecular complexity index is 955. The number of rotatable bonds is 10. The van der Waals surface area contributed by atoms with E-state index in [-0.39, 0.29) is 43.3 Å². The number of carbonyl (C=O) groups is 2. The van der Waals surface area contributed by atoms with Crippen molar-refractivity contribution in [3.05, 3.63) is 34.6 Å². The standard InChI is InChI=1S/C21H29N5O5/c1-30-13-9-23-18(27)6-8-22-19(28)7-10-26-17-5-3-2-4-16(17)24-20(21(26)29)25-11-14-31-15-12-25/h2-5H,6-15H2,1H3,(H,22,28)(H,23,27). The minimum Gasteiger partial charge on any atom is -0.383 e. The van der Waals surface area contributed by atoms with Gasteiger partial charge >= 0.3 is 0 Å². The molecule has 31 heavy (non-hydrogen) atoms. The van der Waals surface area contributed by atoms with Crippen LogP contribution in [-0.2, 0) is 25.6 Å². The van der Waals surface area contributed by atoms with Crippen LogP contribution in [0.3, 0.4) is 0 Å². The molecule has 0 aliphatic carbocycles. The largest absolute Gasteiger partial charge is 0.383 e. The molecule has 0 spiro atoms. The van der Waals surface area contributed by atoms with Gasteiger partial charge < -0.3 is 29.6 Å². The molecule has 2 heterocycles. The molecule has 0 saturated carbocycles. The summed E-state index contributed by atoms with van der Waals surface area (Å²) in [6, 6.07) is 7.40. The van der Waals surface area contributed by atoms with Gasteiger partial charge in [-0.05, 0) is 12.1 Å². The number of anilines is 1. The first kappa shape index (κ1) is 22.7. The van der Waals surface area contributed by atoms with Gasteiger partial charge in [-0.25, -0.2) is 4.98 Å². The molecule has 0 unspecified atom stereocenters. The number of carbonyl (C=O) groups excluding carboxylic acids is 2. The summed E-state index contributed by atoms with van der Waals surface area (Å²) in [5.74, 6) is 0.0180. The number of aromatic nitrogens is 2. The summed E-state index contributed by atoms with van der Waals surface area (Å²) in [7, 11) is 1.56. The summed E-state index contributed by atoms with van der Waals surface area (Å²) in [6.45, 7) is 3.66. The second-order valence-electron chi connectivity index (χ2n) is 7.17. The Morgan fingerprint density at radius 1 is 1.10 bits per heavy atom. The number of benzene rings is 1. The highest BCUT2D eigenvalue weighted by molar-refractivity contribution is 5.79. The molecule has 168 valence electrons. The van der Waals surface area contributed by atoms with E-state index in [0.29, 0.717) is 56.3 Å². The monoisotopic (exact) mass is 431 g/mol. The molecule has 1 fully saturated rings. The molecule has 1 aromatic heterocycles. The Kier molecular flexibility index (Phi) is 8.36. The van der Waals surface area contributed by atoms with Crippen molar-refractivity contribution in [2.75, 3.05) is 58.0 Å². The van der Waals surface area contributed by atoms with Crippen molar-refractivity contribution in [1.82, 2.24) is 20.2 Å². The Morgan fingerprint density at radius 3 is 2.58 bits per heavy atom. The van der Waals surface area contributed by atoms with Gasteiger partial charge in [0.2, 0.25) is 11.8 Å². The summed E-state index contributed by atoms with van der Waals surface area (Å²) >= 11 is 0. The number of aryl methyl sites for hydroxylation is 1. The number of hydrogen-bond acceptors (Lipinski definition) is 7. The van der Waals surface area contributed by atoms with E-state index in [1.807, 2.05) is 29.2 Å². The van der Waals surface area contributed by atoms with Crippen LogP contribution < -0.4 is 21.1 Å². The number of fused-ring (bicyclic) bond motifs is 1. The van der Waals surface area contributed by atoms with Crippen LogP contribution in [-0.4, -0.2) is 74.5 Å². The average molecular weight is 431 g/mol. The third-order valence-electron chi connectivity index (χ3n) is 5.01. The molecule has 0 radical (unpaired) electrons. The Hall–Kier alpha value is -2.98. The highest BCUT2D eigenvalue weighted by atomic mass is 16.5. The van der Waals surface area contributed by atoms with Crippen molar-refractivity contribution in [2.24, 2.45) is 0 Å². The molecule has 0 bridgehead atoms. The van der Waals surface area contributed by atoms with Crippen LogP contribution in [0.25, 0.3) is 11.0 Å². The SMILES string of the molecule is COCCNC(=O)CCNC(=O)CCn1c(=O)c(N2CCOCC2)nc2ccccc21. The van der Waals surface area contributed by atoms with Crippen molar-refractivity contribution >= 4 is 28.7 Å². The molecule has 3 rings (SSSR count). The van der Waals surface area contributed by atoms with Crippen LogP contribution in [0.1, 0.15) is 12.8 Å². The van der Waals surface area contributed by atoms with E-state index >= 15 is 0 Å². The molecule has 2 aromatic rings. The van der Waals surface area contributed by atoms with Crippen molar-refractivity contribution in [3.8, 4) is 0 Å². The lowest BCUT2D eigenvalue weighted by Gasteiger charge is -2.28. The lowest BCUT2D eigenvalue weighted by molar-refractivity contribution is -0.122. The van der Waals surface area contributed by atoms with Crippen molar-refractivity contribution < 1.29 is 19.1 Å². The molecule has 1 aromatic carbocycles. The molecule has 1 aliphatic rings. The molecule has 10 nitrogen and oxygen atoms in total. The lowest BCUT2D eigenvalue weighted by atomic mass is 10.2. The number of para-hydroxylation sites is 2. The molecular weight excluding hydrogens is 402 g/mol. The van der Waals surface area contributed by atoms with Crippen molar-refractivity contribution in [1.29, 1.82) is 0 Å². The number of ether oxygens (including phenoxy) is 2. The fourth-order valence-electron chi connectivity index (χ4n) is 3.38. The summed E-state index contributed by atoms with van der Waals surface area (Å²) in [5, 5.41) is 5.43. The Balaban J connectivity index is 1.62.